The number of carbonyl (C=O) groups is 5. The van der Waals surface area contributed by atoms with Gasteiger partial charge < -0.3 is 39.2 Å². The summed E-state index contributed by atoms with van der Waals surface area (Å²) in [5.41, 5.74) is -2.61. The summed E-state index contributed by atoms with van der Waals surface area (Å²) in [7, 11) is -1.43. The number of nitrogens with one attached hydrogen (secondary N) is 1. The Morgan fingerprint density at radius 3 is 2.33 bits per heavy atom. The number of aliphatic carboxylic acids is 2. The summed E-state index contributed by atoms with van der Waals surface area (Å²) in [5.74, 6) is -7.55. The van der Waals surface area contributed by atoms with Crippen LogP contribution in [0.15, 0.2) is 18.2 Å². The van der Waals surface area contributed by atoms with Crippen LogP contribution in [0.4, 0.5) is 0 Å². The Bertz CT molecular complexity index is 1130. The average Bonchev–Trinajstić information content (AvgIpc) is 3.25. The molecule has 1 radical (unpaired) electrons. The highest BCUT2D eigenvalue weighted by Crippen LogP contribution is 2.28. The van der Waals surface area contributed by atoms with Gasteiger partial charge in [-0.2, -0.15) is 0 Å². The van der Waals surface area contributed by atoms with Crippen molar-refractivity contribution in [1.29, 1.82) is 0 Å². The van der Waals surface area contributed by atoms with Crippen molar-refractivity contribution < 1.29 is 68.2 Å². The van der Waals surface area contributed by atoms with Crippen molar-refractivity contribution >= 4 is 42.9 Å². The molecule has 0 saturated carbocycles. The number of phenols is 1. The van der Waals surface area contributed by atoms with Gasteiger partial charge in [-0.05, 0) is 24.5 Å². The van der Waals surface area contributed by atoms with Crippen molar-refractivity contribution in [2.75, 3.05) is 6.79 Å². The number of carboxylic acid groups (broad SMARTS) is 2. The van der Waals surface area contributed by atoms with Crippen LogP contribution in [0.25, 0.3) is 0 Å². The lowest BCUT2D eigenvalue weighted by atomic mass is 9.74. The van der Waals surface area contributed by atoms with Gasteiger partial charge in [0.05, 0.1) is 24.7 Å². The standard InChI is InChI=1S/C25H32BNO13/c1-4-14(5-2)22(33)37-13-38-23(34)16-9-7-8-15(21(16)32)10-17-26(39-18(6-3)27-17)40-25(24(35)36,11-19(28)29)12-20(30)31/h7-9,14,17,32H,4-6,10-13H2,1-3H3,(H,28,29)(H,30,31)(H,35,36)/q-1/p+2/t17-/m0/s1. The molecule has 0 saturated heterocycles. The predicted octanol–water partition coefficient (Wildman–Crippen LogP) is -0.700. The van der Waals surface area contributed by atoms with Crippen molar-refractivity contribution in [1.82, 2.24) is 0 Å². The summed E-state index contributed by atoms with van der Waals surface area (Å²) in [5, 5.41) is 37.0. The molecule has 6 N–H and O–H groups in total. The van der Waals surface area contributed by atoms with Crippen molar-refractivity contribution in [3.05, 3.63) is 29.3 Å². The van der Waals surface area contributed by atoms with E-state index in [1.807, 2.05) is 13.8 Å². The number of aromatic hydroxyl groups is 1. The summed E-state index contributed by atoms with van der Waals surface area (Å²) in [6.07, 6.45) is -0.804. The molecule has 1 aliphatic heterocycles. The van der Waals surface area contributed by atoms with Gasteiger partial charge in [-0.25, -0.2) is 14.6 Å². The van der Waals surface area contributed by atoms with E-state index in [2.05, 4.69) is 4.99 Å². The number of ether oxygens (including phenoxy) is 2. The number of rotatable bonds is 16. The minimum Gasteiger partial charge on any atom is -0.663 e. The molecular weight excluding hydrogens is 533 g/mol. The fraction of sp³-hybridized carbons (Fsp3) is 0.520. The second-order valence-corrected chi connectivity index (χ2v) is 9.15. The highest BCUT2D eigenvalue weighted by Gasteiger charge is 2.48. The Morgan fingerprint density at radius 2 is 1.77 bits per heavy atom. The molecule has 2 atom stereocenters. The number of hydrogen-bond donors (Lipinski definition) is 4. The van der Waals surface area contributed by atoms with Crippen LogP contribution < -0.4 is 4.99 Å². The van der Waals surface area contributed by atoms with Gasteiger partial charge >= 0.3 is 29.8 Å². The van der Waals surface area contributed by atoms with Gasteiger partial charge in [0.25, 0.3) is 13.0 Å². The van der Waals surface area contributed by atoms with Gasteiger partial charge in [-0.3, -0.25) is 9.59 Å². The minimum absolute atomic E-state index is 0.0949. The molecule has 15 heteroatoms. The zero-order valence-electron chi connectivity index (χ0n) is 22.4. The lowest BCUT2D eigenvalue weighted by Gasteiger charge is -2.37. The molecule has 0 fully saturated rings. The Morgan fingerprint density at radius 1 is 1.10 bits per heavy atom. The van der Waals surface area contributed by atoms with Crippen LogP contribution in [0, 0.1) is 5.92 Å². The van der Waals surface area contributed by atoms with E-state index in [0.29, 0.717) is 19.3 Å². The predicted molar refractivity (Wildman–Crippen MR) is 136 cm³/mol. The summed E-state index contributed by atoms with van der Waals surface area (Å²) in [4.78, 5) is 62.5. The molecule has 14 nitrogen and oxygen atoms in total. The largest absolute Gasteiger partial charge is 0.663 e. The molecule has 40 heavy (non-hydrogen) atoms. The minimum atomic E-state index is -2.59. The molecule has 1 unspecified atom stereocenters. The maximum Gasteiger partial charge on any atom is 0.519 e. The lowest BCUT2D eigenvalue weighted by Crippen LogP contribution is -2.80. The quantitative estimate of drug-likeness (QED) is 0.0843. The molecule has 2 rings (SSSR count). The normalized spacial score (nSPS) is 16.5. The van der Waals surface area contributed by atoms with Crippen LogP contribution in [0.3, 0.4) is 0 Å². The molecule has 0 bridgehead atoms. The highest BCUT2D eigenvalue weighted by molar-refractivity contribution is 6.49. The first-order valence-corrected chi connectivity index (χ1v) is 12.7. The summed E-state index contributed by atoms with van der Waals surface area (Å²) < 4.78 is 21.2. The van der Waals surface area contributed by atoms with E-state index in [9.17, 15) is 39.3 Å². The molecule has 0 aliphatic carbocycles. The Kier molecular flexibility index (Phi) is 11.5. The van der Waals surface area contributed by atoms with Crippen LogP contribution in [0.5, 0.6) is 5.75 Å². The number of para-hydroxylation sites is 1. The molecule has 0 spiro atoms. The van der Waals surface area contributed by atoms with Gasteiger partial charge in [0.2, 0.25) is 6.79 Å². The third-order valence-corrected chi connectivity index (χ3v) is 6.36. The molecule has 1 aromatic rings. The van der Waals surface area contributed by atoms with Crippen LogP contribution >= 0.6 is 0 Å². The fourth-order valence-corrected chi connectivity index (χ4v) is 4.16. The second-order valence-electron chi connectivity index (χ2n) is 9.15. The fourth-order valence-electron chi connectivity index (χ4n) is 4.16. The number of carboxylic acids is 2. The van der Waals surface area contributed by atoms with E-state index >= 15 is 0 Å². The Balaban J connectivity index is 2.24. The summed E-state index contributed by atoms with van der Waals surface area (Å²) >= 11 is 0. The van der Waals surface area contributed by atoms with Gasteiger partial charge in [0.1, 0.15) is 17.7 Å². The number of benzene rings is 1. The SMILES string of the molecule is CCC1=[NH+][C@@H](Cc2cccc(C(=O)OCOC(=O)C(CC)CC)c2O)[B-](OC(CC(=O)O)(CC(=O)[OH2+])C(=O)O)O1. The smallest absolute Gasteiger partial charge is 0.519 e. The van der Waals surface area contributed by atoms with Gasteiger partial charge in [-0.15, -0.1) is 0 Å². The van der Waals surface area contributed by atoms with Crippen LogP contribution in [0.2, 0.25) is 0 Å². The lowest BCUT2D eigenvalue weighted by molar-refractivity contribution is -0.479. The molecule has 1 heterocycles. The van der Waals surface area contributed by atoms with Gasteiger partial charge in [0, 0.05) is 11.2 Å². The maximum atomic E-state index is 12.6. The van der Waals surface area contributed by atoms with Crippen molar-refractivity contribution in [2.24, 2.45) is 5.92 Å². The van der Waals surface area contributed by atoms with Gasteiger partial charge in [0.15, 0.2) is 5.60 Å². The Labute approximate surface area is 230 Å². The number of carbonyl (C=O) groups excluding carboxylic acids is 3. The third kappa shape index (κ3) is 8.18. The van der Waals surface area contributed by atoms with Crippen LogP contribution in [-0.2, 0) is 44.4 Å². The van der Waals surface area contributed by atoms with Crippen molar-refractivity contribution in [2.45, 2.75) is 70.8 Å². The van der Waals surface area contributed by atoms with Crippen molar-refractivity contribution in [3.63, 3.8) is 0 Å². The van der Waals surface area contributed by atoms with E-state index in [1.54, 1.807) is 6.92 Å². The first kappa shape index (κ1) is 32.1. The topological polar surface area (TPSA) is 220 Å². The molecule has 0 aromatic heterocycles. The van der Waals surface area contributed by atoms with E-state index in [4.69, 9.17) is 23.9 Å². The molecule has 1 aliphatic rings. The van der Waals surface area contributed by atoms with Crippen molar-refractivity contribution in [3.8, 4) is 5.75 Å². The van der Waals surface area contributed by atoms with E-state index in [1.165, 1.54) is 18.2 Å². The summed E-state index contributed by atoms with van der Waals surface area (Å²) in [6, 6.07) is 4.24. The third-order valence-electron chi connectivity index (χ3n) is 6.36. The number of hydrogen-bond acceptors (Lipinski definition) is 10. The zero-order valence-corrected chi connectivity index (χ0v) is 22.4. The number of esters is 2. The summed E-state index contributed by atoms with van der Waals surface area (Å²) in [6.45, 7) is 4.74. The second kappa shape index (κ2) is 14.3. The monoisotopic (exact) mass is 567 g/mol. The first-order chi connectivity index (χ1) is 18.9. The van der Waals surface area contributed by atoms with E-state index in [-0.39, 0.29) is 29.4 Å². The van der Waals surface area contributed by atoms with E-state index < -0.39 is 73.9 Å². The zero-order chi connectivity index (χ0) is 30.0. The van der Waals surface area contributed by atoms with Crippen LogP contribution in [0.1, 0.15) is 68.8 Å². The van der Waals surface area contributed by atoms with Gasteiger partial charge in [-0.1, -0.05) is 32.9 Å². The first-order valence-electron chi connectivity index (χ1n) is 12.7. The Hall–Kier alpha value is -4.14. The molecular formula is C25H34BNO13+. The van der Waals surface area contributed by atoms with Crippen LogP contribution in [-0.4, -0.2) is 81.6 Å². The van der Waals surface area contributed by atoms with E-state index in [0.717, 1.165) is 0 Å². The average molecular weight is 567 g/mol. The maximum absolute atomic E-state index is 12.6. The molecule has 0 amide bonds. The molecule has 1 aromatic carbocycles. The number of phenolic OH excluding ortho intramolecular Hbond substituents is 1. The molecule has 219 valence electrons. The highest BCUT2D eigenvalue weighted by atomic mass is 16.7.